The fourth-order valence-corrected chi connectivity index (χ4v) is 5.84. The van der Waals surface area contributed by atoms with Crippen molar-refractivity contribution in [2.24, 2.45) is 0 Å². The minimum atomic E-state index is -0.818. The van der Waals surface area contributed by atoms with Crippen molar-refractivity contribution in [2.45, 2.75) is 62.4 Å². The lowest BCUT2D eigenvalue weighted by atomic mass is 9.92. The van der Waals surface area contributed by atoms with E-state index in [9.17, 15) is 19.2 Å². The Balaban J connectivity index is 1.54. The first-order chi connectivity index (χ1) is 17.4. The number of hydrogen-bond donors (Lipinski definition) is 1. The number of nitrogens with one attached hydrogen (secondary N) is 1. The van der Waals surface area contributed by atoms with Gasteiger partial charge in [0.2, 0.25) is 17.7 Å². The minimum absolute atomic E-state index is 0.0339. The Morgan fingerprint density at radius 1 is 1.06 bits per heavy atom. The quantitative estimate of drug-likeness (QED) is 0.422. The number of imide groups is 1. The van der Waals surface area contributed by atoms with E-state index in [0.29, 0.717) is 17.1 Å². The topological polar surface area (TPSA) is 96.0 Å². The summed E-state index contributed by atoms with van der Waals surface area (Å²) in [5.41, 5.74) is 1.01. The molecule has 1 saturated heterocycles. The summed E-state index contributed by atoms with van der Waals surface area (Å²) in [6.45, 7) is 1.41. The summed E-state index contributed by atoms with van der Waals surface area (Å²) in [6.07, 6.45) is 4.73. The van der Waals surface area contributed by atoms with Crippen molar-refractivity contribution >= 4 is 46.8 Å². The smallest absolute Gasteiger partial charge is 0.257 e. The number of para-hydroxylation sites is 1. The molecule has 2 aromatic rings. The highest BCUT2D eigenvalue weighted by Gasteiger charge is 2.46. The second kappa shape index (κ2) is 11.6. The van der Waals surface area contributed by atoms with Gasteiger partial charge in [0.25, 0.3) is 5.91 Å². The van der Waals surface area contributed by atoms with E-state index in [4.69, 9.17) is 4.74 Å². The van der Waals surface area contributed by atoms with Gasteiger partial charge in [0.1, 0.15) is 11.8 Å². The third kappa shape index (κ3) is 5.73. The lowest BCUT2D eigenvalue weighted by Gasteiger charge is -2.37. The predicted octanol–water partition coefficient (Wildman–Crippen LogP) is 4.24. The van der Waals surface area contributed by atoms with Gasteiger partial charge in [-0.15, -0.1) is 11.8 Å². The molecule has 0 spiro atoms. The molecule has 1 aliphatic carbocycles. The number of nitrogens with zero attached hydrogens (tertiary/aromatic N) is 2. The lowest BCUT2D eigenvalue weighted by molar-refractivity contribution is -0.139. The summed E-state index contributed by atoms with van der Waals surface area (Å²) in [4.78, 5) is 55.2. The van der Waals surface area contributed by atoms with Gasteiger partial charge in [-0.05, 0) is 49.2 Å². The van der Waals surface area contributed by atoms with Crippen LogP contribution in [0.5, 0.6) is 5.75 Å². The maximum Gasteiger partial charge on any atom is 0.257 e. The average Bonchev–Trinajstić information content (AvgIpc) is 3.17. The Hall–Kier alpha value is -3.33. The van der Waals surface area contributed by atoms with Crippen LogP contribution in [0.4, 0.5) is 11.4 Å². The molecule has 2 aliphatic rings. The highest BCUT2D eigenvalue weighted by Crippen LogP contribution is 2.34. The molecule has 9 heteroatoms. The SMILES string of the molecule is COc1ccccc1SCC(=O)N(C1CCCCC1)C1CC(=O)N(c2ccc(NC(C)=O)cc2)C1=O. The van der Waals surface area contributed by atoms with Crippen LogP contribution in [0, 0.1) is 0 Å². The van der Waals surface area contributed by atoms with E-state index in [2.05, 4.69) is 5.32 Å². The summed E-state index contributed by atoms with van der Waals surface area (Å²) in [5, 5.41) is 2.67. The molecular weight excluding hydrogens is 478 g/mol. The molecule has 190 valence electrons. The molecule has 1 saturated carbocycles. The Labute approximate surface area is 215 Å². The lowest BCUT2D eigenvalue weighted by Crippen LogP contribution is -2.52. The number of rotatable bonds is 8. The van der Waals surface area contributed by atoms with E-state index in [1.54, 1.807) is 36.3 Å². The molecule has 8 nitrogen and oxygen atoms in total. The van der Waals surface area contributed by atoms with Crippen molar-refractivity contribution in [1.29, 1.82) is 0 Å². The van der Waals surface area contributed by atoms with Gasteiger partial charge in [-0.2, -0.15) is 0 Å². The van der Waals surface area contributed by atoms with Crippen molar-refractivity contribution in [1.82, 2.24) is 4.90 Å². The highest BCUT2D eigenvalue weighted by molar-refractivity contribution is 8.00. The summed E-state index contributed by atoms with van der Waals surface area (Å²) in [7, 11) is 1.59. The molecule has 4 amide bonds. The number of methoxy groups -OCH3 is 1. The second-order valence-corrected chi connectivity index (χ2v) is 10.1. The average molecular weight is 510 g/mol. The summed E-state index contributed by atoms with van der Waals surface area (Å²) in [6, 6.07) is 13.2. The molecule has 1 unspecified atom stereocenters. The van der Waals surface area contributed by atoms with E-state index in [1.165, 1.54) is 23.6 Å². The Morgan fingerprint density at radius 3 is 2.42 bits per heavy atom. The van der Waals surface area contributed by atoms with Gasteiger partial charge in [0.05, 0.1) is 25.0 Å². The summed E-state index contributed by atoms with van der Waals surface area (Å²) >= 11 is 1.38. The van der Waals surface area contributed by atoms with E-state index in [1.807, 2.05) is 24.3 Å². The number of carbonyl (C=O) groups is 4. The molecule has 0 aromatic heterocycles. The summed E-state index contributed by atoms with van der Waals surface area (Å²) in [5.74, 6) is -0.215. The van der Waals surface area contributed by atoms with Gasteiger partial charge >= 0.3 is 0 Å². The number of anilines is 2. The van der Waals surface area contributed by atoms with Crippen LogP contribution in [0.3, 0.4) is 0 Å². The largest absolute Gasteiger partial charge is 0.496 e. The number of benzene rings is 2. The minimum Gasteiger partial charge on any atom is -0.496 e. The number of carbonyl (C=O) groups excluding carboxylic acids is 4. The van der Waals surface area contributed by atoms with Crippen molar-refractivity contribution in [3.8, 4) is 5.75 Å². The van der Waals surface area contributed by atoms with E-state index >= 15 is 0 Å². The van der Waals surface area contributed by atoms with Gasteiger partial charge in [-0.1, -0.05) is 31.4 Å². The van der Waals surface area contributed by atoms with Gasteiger partial charge in [-0.3, -0.25) is 19.2 Å². The van der Waals surface area contributed by atoms with Crippen LogP contribution in [0.1, 0.15) is 45.4 Å². The molecule has 0 radical (unpaired) electrons. The molecule has 0 bridgehead atoms. The molecule has 1 aliphatic heterocycles. The standard InChI is InChI=1S/C27H31N3O5S/c1-18(31)28-19-12-14-21(15-13-19)30-25(32)16-22(27(30)34)29(20-8-4-3-5-9-20)26(33)17-36-24-11-7-6-10-23(24)35-2/h6-7,10-15,20,22H,3-5,8-9,16-17H2,1-2H3,(H,28,31). The fraction of sp³-hybridized carbons (Fsp3) is 0.407. The zero-order valence-corrected chi connectivity index (χ0v) is 21.4. The predicted molar refractivity (Wildman–Crippen MR) is 139 cm³/mol. The molecule has 2 fully saturated rings. The van der Waals surface area contributed by atoms with Crippen LogP contribution in [0.15, 0.2) is 53.4 Å². The monoisotopic (exact) mass is 509 g/mol. The third-order valence-electron chi connectivity index (χ3n) is 6.58. The van der Waals surface area contributed by atoms with Crippen molar-refractivity contribution in [3.63, 3.8) is 0 Å². The molecule has 1 heterocycles. The Bertz CT molecular complexity index is 1130. The number of hydrogen-bond acceptors (Lipinski definition) is 6. The highest BCUT2D eigenvalue weighted by atomic mass is 32.2. The first kappa shape index (κ1) is 25.8. The number of thioether (sulfide) groups is 1. The van der Waals surface area contributed by atoms with Crippen LogP contribution in [-0.2, 0) is 19.2 Å². The van der Waals surface area contributed by atoms with Gasteiger partial charge in [-0.25, -0.2) is 4.90 Å². The fourth-order valence-electron chi connectivity index (χ4n) is 4.94. The van der Waals surface area contributed by atoms with Crippen LogP contribution < -0.4 is 15.0 Å². The van der Waals surface area contributed by atoms with Crippen LogP contribution in [-0.4, -0.2) is 53.5 Å². The number of ether oxygens (including phenoxy) is 1. The Kier molecular flexibility index (Phi) is 8.30. The zero-order chi connectivity index (χ0) is 25.7. The number of amides is 4. The third-order valence-corrected chi connectivity index (χ3v) is 7.62. The van der Waals surface area contributed by atoms with E-state index in [-0.39, 0.29) is 41.8 Å². The first-order valence-electron chi connectivity index (χ1n) is 12.2. The summed E-state index contributed by atoms with van der Waals surface area (Å²) < 4.78 is 5.40. The second-order valence-electron chi connectivity index (χ2n) is 9.05. The molecule has 4 rings (SSSR count). The van der Waals surface area contributed by atoms with Crippen molar-refractivity contribution in [2.75, 3.05) is 23.1 Å². The van der Waals surface area contributed by atoms with Crippen molar-refractivity contribution in [3.05, 3.63) is 48.5 Å². The Morgan fingerprint density at radius 2 is 1.75 bits per heavy atom. The van der Waals surface area contributed by atoms with Crippen LogP contribution in [0.25, 0.3) is 0 Å². The van der Waals surface area contributed by atoms with Crippen LogP contribution in [0.2, 0.25) is 0 Å². The van der Waals surface area contributed by atoms with Gasteiger partial charge in [0.15, 0.2) is 0 Å². The maximum atomic E-state index is 13.6. The molecule has 1 atom stereocenters. The normalized spacial score (nSPS) is 18.3. The molecule has 2 aromatic carbocycles. The zero-order valence-electron chi connectivity index (χ0n) is 20.6. The van der Waals surface area contributed by atoms with Crippen LogP contribution >= 0.6 is 11.8 Å². The van der Waals surface area contributed by atoms with Gasteiger partial charge < -0.3 is 15.0 Å². The van der Waals surface area contributed by atoms with Gasteiger partial charge in [0, 0.05) is 23.5 Å². The molecular formula is C27H31N3O5S. The molecule has 36 heavy (non-hydrogen) atoms. The molecule has 1 N–H and O–H groups in total. The maximum absolute atomic E-state index is 13.6. The first-order valence-corrected chi connectivity index (χ1v) is 13.2. The van der Waals surface area contributed by atoms with E-state index in [0.717, 1.165) is 37.0 Å². The van der Waals surface area contributed by atoms with Crippen molar-refractivity contribution < 1.29 is 23.9 Å². The van der Waals surface area contributed by atoms with E-state index < -0.39 is 6.04 Å².